The summed E-state index contributed by atoms with van der Waals surface area (Å²) < 4.78 is 33.1. The molecule has 0 aliphatic heterocycles. The summed E-state index contributed by atoms with van der Waals surface area (Å²) in [5.74, 6) is 0.0543. The first-order valence-electron chi connectivity index (χ1n) is 9.07. The molecule has 0 spiro atoms. The van der Waals surface area contributed by atoms with E-state index in [0.29, 0.717) is 16.6 Å². The van der Waals surface area contributed by atoms with Crippen molar-refractivity contribution < 1.29 is 17.9 Å². The minimum Gasteiger partial charge on any atom is -0.497 e. The van der Waals surface area contributed by atoms with Crippen molar-refractivity contribution in [2.45, 2.75) is 11.8 Å². The molecule has 1 heterocycles. The van der Waals surface area contributed by atoms with Crippen LogP contribution < -0.4 is 14.4 Å². The van der Waals surface area contributed by atoms with Gasteiger partial charge in [-0.3, -0.25) is 14.4 Å². The predicted octanol–water partition coefficient (Wildman–Crippen LogP) is 4.75. The third-order valence-corrected chi connectivity index (χ3v) is 7.26. The Morgan fingerprint density at radius 1 is 1.29 bits per heavy atom. The molecule has 0 atom stereocenters. The van der Waals surface area contributed by atoms with Gasteiger partial charge in [-0.1, -0.05) is 17.7 Å². The second-order valence-corrected chi connectivity index (χ2v) is 9.54. The fraction of sp³-hybridized carbons (Fsp3) is 0.143. The normalized spacial score (nSPS) is 11.1. The van der Waals surface area contributed by atoms with Crippen LogP contribution in [-0.2, 0) is 10.0 Å². The molecular weight excluding hydrogens is 458 g/mol. The Hall–Kier alpha value is -2.88. The highest BCUT2D eigenvalue weighted by Gasteiger charge is 2.26. The van der Waals surface area contributed by atoms with Crippen LogP contribution in [0.4, 0.5) is 10.8 Å². The van der Waals surface area contributed by atoms with Gasteiger partial charge in [-0.15, -0.1) is 17.9 Å². The van der Waals surface area contributed by atoms with Crippen LogP contribution >= 0.6 is 22.9 Å². The third kappa shape index (κ3) is 5.07. The van der Waals surface area contributed by atoms with E-state index in [1.807, 2.05) is 0 Å². The number of methoxy groups -OCH3 is 1. The Labute approximate surface area is 190 Å². The number of hydrogen-bond acceptors (Lipinski definition) is 6. The minimum absolute atomic E-state index is 0.0314. The quantitative estimate of drug-likeness (QED) is 0.473. The Morgan fingerprint density at radius 3 is 2.58 bits per heavy atom. The van der Waals surface area contributed by atoms with E-state index in [2.05, 4.69) is 16.9 Å². The summed E-state index contributed by atoms with van der Waals surface area (Å²) in [6, 6.07) is 10.6. The number of rotatable bonds is 8. The van der Waals surface area contributed by atoms with E-state index in [1.165, 1.54) is 47.0 Å². The second-order valence-electron chi connectivity index (χ2n) is 6.41. The molecule has 0 saturated heterocycles. The molecule has 1 aromatic heterocycles. The number of aromatic nitrogens is 1. The highest BCUT2D eigenvalue weighted by Crippen LogP contribution is 2.29. The lowest BCUT2D eigenvalue weighted by Gasteiger charge is -2.23. The average Bonchev–Trinajstić information content (AvgIpc) is 3.16. The largest absolute Gasteiger partial charge is 0.497 e. The van der Waals surface area contributed by atoms with E-state index in [0.717, 1.165) is 5.69 Å². The summed E-state index contributed by atoms with van der Waals surface area (Å²) >= 11 is 7.45. The van der Waals surface area contributed by atoms with E-state index < -0.39 is 15.9 Å². The van der Waals surface area contributed by atoms with Gasteiger partial charge in [0.2, 0.25) is 0 Å². The summed E-state index contributed by atoms with van der Waals surface area (Å²) in [6.45, 7) is 5.50. The molecule has 0 aliphatic carbocycles. The molecule has 0 unspecified atom stereocenters. The smallest absolute Gasteiger partial charge is 0.264 e. The monoisotopic (exact) mass is 477 g/mol. The summed E-state index contributed by atoms with van der Waals surface area (Å²) in [5, 5.41) is 4.96. The number of amides is 1. The van der Waals surface area contributed by atoms with Crippen LogP contribution in [0.2, 0.25) is 5.02 Å². The van der Waals surface area contributed by atoms with Gasteiger partial charge in [0.15, 0.2) is 5.13 Å². The molecule has 2 aromatic carbocycles. The molecule has 7 nitrogen and oxygen atoms in total. The molecule has 10 heteroatoms. The zero-order chi connectivity index (χ0) is 22.6. The molecule has 3 rings (SSSR count). The van der Waals surface area contributed by atoms with E-state index >= 15 is 0 Å². The number of ether oxygens (including phenoxy) is 1. The number of nitrogens with zero attached hydrogens (tertiary/aromatic N) is 2. The van der Waals surface area contributed by atoms with Crippen molar-refractivity contribution in [1.82, 2.24) is 4.98 Å². The number of halogens is 1. The standard InChI is InChI=1S/C21H20ClN3O4S2/c1-4-11-25(15-5-7-16(29-3)8-6-15)31(27,28)17-9-10-19(22)18(12-17)20(26)24-21-23-14(2)13-30-21/h4-10,12-13H,1,11H2,2-3H3,(H,23,24,26). The van der Waals surface area contributed by atoms with Crippen LogP contribution in [-0.4, -0.2) is 33.0 Å². The lowest BCUT2D eigenvalue weighted by atomic mass is 10.2. The molecule has 3 aromatic rings. The Balaban J connectivity index is 1.97. The predicted molar refractivity (Wildman–Crippen MR) is 124 cm³/mol. The van der Waals surface area contributed by atoms with Gasteiger partial charge in [0.25, 0.3) is 15.9 Å². The Morgan fingerprint density at radius 2 is 2.00 bits per heavy atom. The van der Waals surface area contributed by atoms with Crippen LogP contribution in [0.15, 0.2) is 65.4 Å². The lowest BCUT2D eigenvalue weighted by molar-refractivity contribution is 0.102. The van der Waals surface area contributed by atoms with Gasteiger partial charge in [0, 0.05) is 5.38 Å². The third-order valence-electron chi connectivity index (χ3n) is 4.27. The van der Waals surface area contributed by atoms with Crippen LogP contribution in [0.5, 0.6) is 5.75 Å². The fourth-order valence-electron chi connectivity index (χ4n) is 2.75. The number of benzene rings is 2. The number of aryl methyl sites for hydroxylation is 1. The maximum atomic E-state index is 13.4. The van der Waals surface area contributed by atoms with E-state index in [9.17, 15) is 13.2 Å². The SMILES string of the molecule is C=CCN(c1ccc(OC)cc1)S(=O)(=O)c1ccc(Cl)c(C(=O)Nc2nc(C)cs2)c1. The van der Waals surface area contributed by atoms with Crippen LogP contribution in [0.3, 0.4) is 0 Å². The van der Waals surface area contributed by atoms with Crippen LogP contribution in [0.1, 0.15) is 16.1 Å². The summed E-state index contributed by atoms with van der Waals surface area (Å²) in [4.78, 5) is 16.8. The van der Waals surface area contributed by atoms with Crippen LogP contribution in [0, 0.1) is 6.92 Å². The average molecular weight is 478 g/mol. The van der Waals surface area contributed by atoms with Crippen LogP contribution in [0.25, 0.3) is 0 Å². The first kappa shape index (κ1) is 22.8. The molecule has 0 aliphatic rings. The van der Waals surface area contributed by atoms with E-state index in [1.54, 1.807) is 36.6 Å². The summed E-state index contributed by atoms with van der Waals surface area (Å²) in [5.41, 5.74) is 1.23. The van der Waals surface area contributed by atoms with Crippen molar-refractivity contribution in [3.63, 3.8) is 0 Å². The Kier molecular flexibility index (Phi) is 6.99. The van der Waals surface area contributed by atoms with Crippen molar-refractivity contribution in [2.75, 3.05) is 23.3 Å². The number of nitrogens with one attached hydrogen (secondary N) is 1. The highest BCUT2D eigenvalue weighted by atomic mass is 35.5. The molecule has 0 radical (unpaired) electrons. The lowest BCUT2D eigenvalue weighted by Crippen LogP contribution is -2.31. The van der Waals surface area contributed by atoms with Crippen molar-refractivity contribution in [3.05, 3.63) is 76.8 Å². The van der Waals surface area contributed by atoms with Gasteiger partial charge in [-0.2, -0.15) is 0 Å². The molecular formula is C21H20ClN3O4S2. The maximum absolute atomic E-state index is 13.4. The van der Waals surface area contributed by atoms with Gasteiger partial charge in [-0.05, 0) is 49.4 Å². The van der Waals surface area contributed by atoms with Gasteiger partial charge in [-0.25, -0.2) is 13.4 Å². The van der Waals surface area contributed by atoms with Crippen molar-refractivity contribution in [1.29, 1.82) is 0 Å². The highest BCUT2D eigenvalue weighted by molar-refractivity contribution is 7.92. The maximum Gasteiger partial charge on any atom is 0.264 e. The number of carbonyl (C=O) groups is 1. The van der Waals surface area contributed by atoms with Crippen molar-refractivity contribution in [3.8, 4) is 5.75 Å². The zero-order valence-electron chi connectivity index (χ0n) is 16.8. The molecule has 0 fully saturated rings. The van der Waals surface area contributed by atoms with E-state index in [4.69, 9.17) is 16.3 Å². The molecule has 1 N–H and O–H groups in total. The second kappa shape index (κ2) is 9.51. The van der Waals surface area contributed by atoms with Gasteiger partial charge >= 0.3 is 0 Å². The molecule has 1 amide bonds. The first-order chi connectivity index (χ1) is 14.8. The molecule has 0 bridgehead atoms. The molecule has 162 valence electrons. The molecule has 0 saturated carbocycles. The minimum atomic E-state index is -4.01. The first-order valence-corrected chi connectivity index (χ1v) is 11.8. The molecule has 31 heavy (non-hydrogen) atoms. The number of anilines is 2. The summed E-state index contributed by atoms with van der Waals surface area (Å²) in [7, 11) is -2.48. The van der Waals surface area contributed by atoms with Gasteiger partial charge < -0.3 is 4.74 Å². The Bertz CT molecular complexity index is 1210. The summed E-state index contributed by atoms with van der Waals surface area (Å²) in [6.07, 6.45) is 1.48. The number of carbonyl (C=O) groups excluding carboxylic acids is 1. The van der Waals surface area contributed by atoms with Crippen molar-refractivity contribution in [2.24, 2.45) is 0 Å². The topological polar surface area (TPSA) is 88.6 Å². The fourth-order valence-corrected chi connectivity index (χ4v) is 5.10. The number of hydrogen-bond donors (Lipinski definition) is 1. The zero-order valence-corrected chi connectivity index (χ0v) is 19.2. The van der Waals surface area contributed by atoms with Gasteiger partial charge in [0.05, 0.1) is 40.5 Å². The van der Waals surface area contributed by atoms with Crippen molar-refractivity contribution >= 4 is 49.7 Å². The number of thiazole rings is 1. The van der Waals surface area contributed by atoms with Gasteiger partial charge in [0.1, 0.15) is 5.75 Å². The van der Waals surface area contributed by atoms with E-state index in [-0.39, 0.29) is 22.0 Å². The number of sulfonamides is 1.